The fourth-order valence-corrected chi connectivity index (χ4v) is 2.05. The monoisotopic (exact) mass is 269 g/mol. The first-order valence-corrected chi connectivity index (χ1v) is 6.58. The van der Waals surface area contributed by atoms with E-state index in [0.717, 1.165) is 0 Å². The molecule has 0 fully saturated rings. The highest BCUT2D eigenvalue weighted by molar-refractivity contribution is 7.99. The number of carbonyl (C=O) groups is 1. The molecule has 6 heteroatoms. The van der Waals surface area contributed by atoms with Crippen molar-refractivity contribution < 1.29 is 9.53 Å². The van der Waals surface area contributed by atoms with E-state index in [-0.39, 0.29) is 16.1 Å². The van der Waals surface area contributed by atoms with Crippen LogP contribution in [0.3, 0.4) is 0 Å². The van der Waals surface area contributed by atoms with Gasteiger partial charge in [-0.2, -0.15) is 0 Å². The predicted octanol–water partition coefficient (Wildman–Crippen LogP) is 2.19. The fourth-order valence-electron chi connectivity index (χ4n) is 1.35. The van der Waals surface area contributed by atoms with E-state index in [1.54, 1.807) is 18.7 Å². The number of nitrogens with two attached hydrogens (primary N) is 1. The van der Waals surface area contributed by atoms with Crippen LogP contribution < -0.4 is 5.73 Å². The number of rotatable bonds is 3. The summed E-state index contributed by atoms with van der Waals surface area (Å²) >= 11 is 1.73. The van der Waals surface area contributed by atoms with Gasteiger partial charge < -0.3 is 10.5 Å². The number of methoxy groups -OCH3 is 1. The van der Waals surface area contributed by atoms with Crippen molar-refractivity contribution in [2.45, 2.75) is 38.2 Å². The lowest BCUT2D eigenvalue weighted by Gasteiger charge is -2.17. The molecule has 0 amide bonds. The van der Waals surface area contributed by atoms with Gasteiger partial charge in [-0.3, -0.25) is 0 Å². The summed E-state index contributed by atoms with van der Waals surface area (Å²) in [7, 11) is 1.31. The zero-order valence-corrected chi connectivity index (χ0v) is 12.2. The minimum Gasteiger partial charge on any atom is -0.465 e. The van der Waals surface area contributed by atoms with Crippen LogP contribution in [0, 0.1) is 6.92 Å². The van der Waals surface area contributed by atoms with Crippen molar-refractivity contribution in [1.29, 1.82) is 0 Å². The summed E-state index contributed by atoms with van der Waals surface area (Å²) in [5, 5.41) is 0. The zero-order chi connectivity index (χ0) is 13.9. The van der Waals surface area contributed by atoms with Crippen molar-refractivity contribution in [2.75, 3.05) is 12.8 Å². The number of anilines is 1. The van der Waals surface area contributed by atoms with Crippen molar-refractivity contribution in [3.05, 3.63) is 17.1 Å². The number of ether oxygens (including phenoxy) is 1. The summed E-state index contributed by atoms with van der Waals surface area (Å²) in [6.45, 7) is 8.10. The van der Waals surface area contributed by atoms with Gasteiger partial charge in [-0.25, -0.2) is 14.8 Å². The van der Waals surface area contributed by atoms with Gasteiger partial charge in [0.05, 0.1) is 18.6 Å². The van der Waals surface area contributed by atoms with Crippen LogP contribution in [0.5, 0.6) is 0 Å². The first-order valence-electron chi connectivity index (χ1n) is 5.60. The Balaban J connectivity index is 2.96. The Morgan fingerprint density at radius 2 is 2.00 bits per heavy atom. The molecule has 0 bridgehead atoms. The molecular weight excluding hydrogens is 250 g/mol. The first kappa shape index (κ1) is 14.8. The van der Waals surface area contributed by atoms with Crippen LogP contribution in [0.25, 0.3) is 0 Å². The quantitative estimate of drug-likeness (QED) is 0.847. The fraction of sp³-hybridized carbons (Fsp3) is 0.583. The number of esters is 1. The summed E-state index contributed by atoms with van der Waals surface area (Å²) in [5.74, 6) is 0.979. The molecule has 0 spiro atoms. The lowest BCUT2D eigenvalue weighted by molar-refractivity contribution is 0.0600. The van der Waals surface area contributed by atoms with E-state index in [4.69, 9.17) is 5.73 Å². The van der Waals surface area contributed by atoms with E-state index >= 15 is 0 Å². The molecule has 0 unspecified atom stereocenters. The van der Waals surface area contributed by atoms with Crippen LogP contribution in [0.15, 0.2) is 0 Å². The molecule has 0 atom stereocenters. The van der Waals surface area contributed by atoms with E-state index in [0.29, 0.717) is 17.3 Å². The summed E-state index contributed by atoms with van der Waals surface area (Å²) in [4.78, 5) is 19.9. The zero-order valence-electron chi connectivity index (χ0n) is 11.4. The van der Waals surface area contributed by atoms with Crippen LogP contribution >= 0.6 is 11.8 Å². The number of aromatic nitrogens is 2. The molecule has 0 aliphatic heterocycles. The molecular formula is C12H19N3O2S. The number of aryl methyl sites for hydroxylation is 1. The van der Waals surface area contributed by atoms with Gasteiger partial charge in [0.1, 0.15) is 17.2 Å². The van der Waals surface area contributed by atoms with Crippen LogP contribution in [0.2, 0.25) is 0 Å². The van der Waals surface area contributed by atoms with Gasteiger partial charge in [-0.1, -0.05) is 20.8 Å². The van der Waals surface area contributed by atoms with Crippen molar-refractivity contribution in [3.63, 3.8) is 0 Å². The average molecular weight is 269 g/mol. The number of hydrogen-bond acceptors (Lipinski definition) is 6. The third kappa shape index (κ3) is 3.87. The van der Waals surface area contributed by atoms with Crippen LogP contribution in [-0.2, 0) is 10.5 Å². The number of thioether (sulfide) groups is 1. The Morgan fingerprint density at radius 1 is 1.39 bits per heavy atom. The van der Waals surface area contributed by atoms with Gasteiger partial charge in [-0.15, -0.1) is 11.8 Å². The molecule has 100 valence electrons. The average Bonchev–Trinajstić information content (AvgIpc) is 2.24. The van der Waals surface area contributed by atoms with Gasteiger partial charge in [-0.05, 0) is 6.92 Å². The van der Waals surface area contributed by atoms with Gasteiger partial charge in [0.25, 0.3) is 0 Å². The van der Waals surface area contributed by atoms with Gasteiger partial charge in [0.15, 0.2) is 0 Å². The Kier molecular flexibility index (Phi) is 4.56. The molecule has 0 saturated carbocycles. The maximum Gasteiger partial charge on any atom is 0.343 e. The van der Waals surface area contributed by atoms with E-state index in [9.17, 15) is 4.79 Å². The lowest BCUT2D eigenvalue weighted by Crippen LogP contribution is -2.14. The predicted molar refractivity (Wildman–Crippen MR) is 73.6 cm³/mol. The number of hydrogen-bond donors (Lipinski definition) is 1. The van der Waals surface area contributed by atoms with Crippen LogP contribution in [0.4, 0.5) is 5.82 Å². The van der Waals surface area contributed by atoms with Gasteiger partial charge >= 0.3 is 5.97 Å². The molecule has 2 N–H and O–H groups in total. The maximum absolute atomic E-state index is 11.5. The lowest BCUT2D eigenvalue weighted by atomic mass is 10.2. The van der Waals surface area contributed by atoms with Crippen molar-refractivity contribution in [2.24, 2.45) is 0 Å². The standard InChI is InChI=1S/C12H19N3O2S/c1-7-9(11(16)17-5)10(13)15-8(14-7)6-18-12(2,3)4/h6H2,1-5H3,(H2,13,14,15). The largest absolute Gasteiger partial charge is 0.465 e. The second-order valence-electron chi connectivity index (χ2n) is 4.88. The summed E-state index contributed by atoms with van der Waals surface area (Å²) in [6.07, 6.45) is 0. The maximum atomic E-state index is 11.5. The number of carbonyl (C=O) groups excluding carboxylic acids is 1. The van der Waals surface area contributed by atoms with Crippen LogP contribution in [-0.4, -0.2) is 27.8 Å². The van der Waals surface area contributed by atoms with Crippen molar-refractivity contribution in [3.8, 4) is 0 Å². The highest BCUT2D eigenvalue weighted by Crippen LogP contribution is 2.26. The Bertz CT molecular complexity index is 432. The molecule has 18 heavy (non-hydrogen) atoms. The molecule has 0 saturated heterocycles. The van der Waals surface area contributed by atoms with E-state index < -0.39 is 5.97 Å². The van der Waals surface area contributed by atoms with E-state index in [2.05, 4.69) is 35.5 Å². The third-order valence-corrected chi connectivity index (χ3v) is 3.46. The molecule has 0 radical (unpaired) electrons. The molecule has 0 aromatic carbocycles. The summed E-state index contributed by atoms with van der Waals surface area (Å²) in [6, 6.07) is 0. The van der Waals surface area contributed by atoms with Crippen LogP contribution in [0.1, 0.15) is 42.6 Å². The topological polar surface area (TPSA) is 78.1 Å². The number of nitrogens with zero attached hydrogens (tertiary/aromatic N) is 2. The van der Waals surface area contributed by atoms with Gasteiger partial charge in [0, 0.05) is 4.75 Å². The Labute approximate surface area is 112 Å². The summed E-state index contributed by atoms with van der Waals surface area (Å²) in [5.41, 5.74) is 6.58. The molecule has 0 aliphatic carbocycles. The highest BCUT2D eigenvalue weighted by Gasteiger charge is 2.18. The minimum atomic E-state index is -0.500. The second kappa shape index (κ2) is 5.56. The van der Waals surface area contributed by atoms with E-state index in [1.807, 2.05) is 0 Å². The molecule has 1 aromatic rings. The minimum absolute atomic E-state index is 0.132. The van der Waals surface area contributed by atoms with Crippen molar-refractivity contribution in [1.82, 2.24) is 9.97 Å². The third-order valence-electron chi connectivity index (χ3n) is 2.19. The molecule has 1 rings (SSSR count). The number of nitrogen functional groups attached to an aromatic ring is 1. The second-order valence-corrected chi connectivity index (χ2v) is 6.68. The Morgan fingerprint density at radius 3 is 2.44 bits per heavy atom. The normalized spacial score (nSPS) is 11.4. The molecule has 0 aliphatic rings. The smallest absolute Gasteiger partial charge is 0.343 e. The van der Waals surface area contributed by atoms with Gasteiger partial charge in [0.2, 0.25) is 0 Å². The molecule has 1 aromatic heterocycles. The summed E-state index contributed by atoms with van der Waals surface area (Å²) < 4.78 is 4.78. The Hall–Kier alpha value is -1.30. The molecule has 5 nitrogen and oxygen atoms in total. The van der Waals surface area contributed by atoms with Crippen molar-refractivity contribution >= 4 is 23.5 Å². The first-order chi connectivity index (χ1) is 8.24. The molecule has 1 heterocycles. The highest BCUT2D eigenvalue weighted by atomic mass is 32.2. The van der Waals surface area contributed by atoms with E-state index in [1.165, 1.54) is 7.11 Å². The SMILES string of the molecule is COC(=O)c1c(C)nc(CSC(C)(C)C)nc1N.